The van der Waals surface area contributed by atoms with Crippen LogP contribution in [0.25, 0.3) is 0 Å². The lowest BCUT2D eigenvalue weighted by atomic mass is 9.94. The number of halogens is 2. The molecule has 0 radical (unpaired) electrons. The van der Waals surface area contributed by atoms with Gasteiger partial charge in [-0.05, 0) is 40.0 Å². The van der Waals surface area contributed by atoms with Gasteiger partial charge >= 0.3 is 5.97 Å². The van der Waals surface area contributed by atoms with Gasteiger partial charge in [0.05, 0.1) is 5.57 Å². The van der Waals surface area contributed by atoms with E-state index in [1.807, 2.05) is 5.38 Å². The van der Waals surface area contributed by atoms with E-state index in [0.717, 1.165) is 0 Å². The molecule has 1 aliphatic rings. The summed E-state index contributed by atoms with van der Waals surface area (Å²) in [6, 6.07) is 4.08. The molecular formula is C16H13BrFN3O2S. The van der Waals surface area contributed by atoms with Crippen LogP contribution in [-0.2, 0) is 9.53 Å². The van der Waals surface area contributed by atoms with Crippen molar-refractivity contribution in [3.8, 4) is 0 Å². The highest BCUT2D eigenvalue weighted by Gasteiger charge is 2.29. The summed E-state index contributed by atoms with van der Waals surface area (Å²) in [6.45, 7) is 1.67. The molecule has 0 fully saturated rings. The van der Waals surface area contributed by atoms with E-state index in [9.17, 15) is 9.18 Å². The quantitative estimate of drug-likeness (QED) is 0.620. The molecule has 0 bridgehead atoms. The highest BCUT2D eigenvalue weighted by atomic mass is 79.9. The Morgan fingerprint density at radius 3 is 3.04 bits per heavy atom. The smallest absolute Gasteiger partial charge is 0.338 e. The van der Waals surface area contributed by atoms with E-state index in [4.69, 9.17) is 4.74 Å². The fourth-order valence-electron chi connectivity index (χ4n) is 2.38. The Balaban J connectivity index is 2.06. The summed E-state index contributed by atoms with van der Waals surface area (Å²) < 4.78 is 19.0. The number of hydrogen-bond donors (Lipinski definition) is 1. The second-order valence-electron chi connectivity index (χ2n) is 4.96. The lowest BCUT2D eigenvalue weighted by Crippen LogP contribution is -2.29. The Hall–Kier alpha value is -2.06. The minimum Gasteiger partial charge on any atom is -0.451 e. The maximum absolute atomic E-state index is 14.0. The maximum Gasteiger partial charge on any atom is 0.338 e. The van der Waals surface area contributed by atoms with E-state index in [1.54, 1.807) is 31.5 Å². The largest absolute Gasteiger partial charge is 0.451 e. The van der Waals surface area contributed by atoms with Crippen LogP contribution in [0.5, 0.6) is 0 Å². The summed E-state index contributed by atoms with van der Waals surface area (Å²) in [4.78, 5) is 21.0. The van der Waals surface area contributed by atoms with Gasteiger partial charge in [-0.2, -0.15) is 0 Å². The van der Waals surface area contributed by atoms with Gasteiger partial charge in [0.25, 0.3) is 0 Å². The van der Waals surface area contributed by atoms with Gasteiger partial charge < -0.3 is 10.1 Å². The summed E-state index contributed by atoms with van der Waals surface area (Å²) in [6.07, 6.45) is 3.22. The second-order valence-corrected chi connectivity index (χ2v) is 6.31. The first-order chi connectivity index (χ1) is 11.6. The summed E-state index contributed by atoms with van der Waals surface area (Å²) in [5.74, 6) is -0.325. The predicted octanol–water partition coefficient (Wildman–Crippen LogP) is 3.46. The van der Waals surface area contributed by atoms with Crippen LogP contribution in [0, 0.1) is 12.7 Å². The van der Waals surface area contributed by atoms with E-state index >= 15 is 0 Å². The standard InChI is InChI=1S/C16H13BrFN3O2S/c1-9-10(3-2-4-12(9)18)13-11(16(22)23-8-17)7-20-14(21-13)15-19-5-6-24-15/h2-7,13H,8H2,1H3,(H,20,21). The van der Waals surface area contributed by atoms with Gasteiger partial charge in [-0.15, -0.1) is 11.3 Å². The van der Waals surface area contributed by atoms with E-state index in [-0.39, 0.29) is 11.3 Å². The Bertz CT molecular complexity index is 821. The number of thiazole rings is 1. The van der Waals surface area contributed by atoms with Crippen molar-refractivity contribution in [2.24, 2.45) is 4.99 Å². The number of ether oxygens (including phenoxy) is 1. The SMILES string of the molecule is Cc1c(F)cccc1C1N=C(c2nccs2)NC=C1C(=O)OCBr. The van der Waals surface area contributed by atoms with E-state index in [2.05, 4.69) is 31.2 Å². The zero-order valence-corrected chi connectivity index (χ0v) is 15.0. The zero-order chi connectivity index (χ0) is 17.1. The average Bonchev–Trinajstić information content (AvgIpc) is 3.12. The number of rotatable bonds is 4. The number of esters is 1. The maximum atomic E-state index is 14.0. The summed E-state index contributed by atoms with van der Waals surface area (Å²) in [7, 11) is 0. The summed E-state index contributed by atoms with van der Waals surface area (Å²) in [5.41, 5.74) is 1.44. The number of carbonyl (C=O) groups is 1. The molecule has 1 aromatic carbocycles. The molecule has 0 spiro atoms. The molecule has 5 nitrogen and oxygen atoms in total. The van der Waals surface area contributed by atoms with Crippen molar-refractivity contribution in [1.29, 1.82) is 0 Å². The minimum atomic E-state index is -0.660. The fraction of sp³-hybridized carbons (Fsp3) is 0.188. The van der Waals surface area contributed by atoms with Crippen LogP contribution < -0.4 is 5.32 Å². The van der Waals surface area contributed by atoms with Crippen LogP contribution in [0.2, 0.25) is 0 Å². The summed E-state index contributed by atoms with van der Waals surface area (Å²) in [5, 5.41) is 5.50. The fourth-order valence-corrected chi connectivity index (χ4v) is 3.18. The molecule has 1 aliphatic heterocycles. The molecule has 1 unspecified atom stereocenters. The van der Waals surface area contributed by atoms with Crippen LogP contribution in [0.1, 0.15) is 22.2 Å². The van der Waals surface area contributed by atoms with Crippen molar-refractivity contribution in [3.63, 3.8) is 0 Å². The topological polar surface area (TPSA) is 63.6 Å². The van der Waals surface area contributed by atoms with Gasteiger partial charge in [0, 0.05) is 17.8 Å². The number of alkyl halides is 1. The van der Waals surface area contributed by atoms with Crippen molar-refractivity contribution in [2.75, 3.05) is 5.52 Å². The van der Waals surface area contributed by atoms with E-state index in [1.165, 1.54) is 17.4 Å². The Morgan fingerprint density at radius 1 is 1.50 bits per heavy atom. The summed E-state index contributed by atoms with van der Waals surface area (Å²) >= 11 is 4.49. The third kappa shape index (κ3) is 3.25. The Kier molecular flexibility index (Phi) is 5.06. The first-order valence-corrected chi connectivity index (χ1v) is 9.04. The monoisotopic (exact) mass is 409 g/mol. The number of nitrogens with one attached hydrogen (secondary N) is 1. The van der Waals surface area contributed by atoms with Crippen LogP contribution in [0.3, 0.4) is 0 Å². The van der Waals surface area contributed by atoms with Crippen molar-refractivity contribution in [1.82, 2.24) is 10.3 Å². The molecule has 8 heteroatoms. The molecule has 0 amide bonds. The van der Waals surface area contributed by atoms with Crippen LogP contribution >= 0.6 is 27.3 Å². The number of carbonyl (C=O) groups excluding carboxylic acids is 1. The first kappa shape index (κ1) is 16.8. The molecule has 0 saturated carbocycles. The van der Waals surface area contributed by atoms with Crippen LogP contribution in [0.15, 0.2) is 46.5 Å². The highest BCUT2D eigenvalue weighted by molar-refractivity contribution is 9.09. The molecule has 2 aromatic rings. The van der Waals surface area contributed by atoms with E-state index < -0.39 is 12.0 Å². The third-order valence-corrected chi connectivity index (χ3v) is 4.59. The van der Waals surface area contributed by atoms with Gasteiger partial charge in [-0.3, -0.25) is 4.99 Å². The van der Waals surface area contributed by atoms with E-state index in [0.29, 0.717) is 27.5 Å². The number of benzene rings is 1. The van der Waals surface area contributed by atoms with Gasteiger partial charge in [0.1, 0.15) is 17.4 Å². The molecule has 1 aromatic heterocycles. The minimum absolute atomic E-state index is 0.0705. The van der Waals surface area contributed by atoms with Crippen molar-refractivity contribution >= 4 is 39.1 Å². The number of aromatic nitrogens is 1. The van der Waals surface area contributed by atoms with Gasteiger partial charge in [0.15, 0.2) is 10.8 Å². The predicted molar refractivity (Wildman–Crippen MR) is 93.6 cm³/mol. The number of nitrogens with zero attached hydrogens (tertiary/aromatic N) is 2. The van der Waals surface area contributed by atoms with Crippen LogP contribution in [0.4, 0.5) is 4.39 Å². The molecule has 1 atom stereocenters. The lowest BCUT2D eigenvalue weighted by Gasteiger charge is -2.23. The van der Waals surface area contributed by atoms with Crippen molar-refractivity contribution in [3.05, 3.63) is 63.5 Å². The zero-order valence-electron chi connectivity index (χ0n) is 12.6. The highest BCUT2D eigenvalue weighted by Crippen LogP contribution is 2.32. The molecule has 124 valence electrons. The average molecular weight is 410 g/mol. The van der Waals surface area contributed by atoms with Crippen molar-refractivity contribution in [2.45, 2.75) is 13.0 Å². The second kappa shape index (κ2) is 7.23. The molecule has 2 heterocycles. The molecule has 3 rings (SSSR count). The van der Waals surface area contributed by atoms with Crippen LogP contribution in [-0.4, -0.2) is 22.3 Å². The Morgan fingerprint density at radius 2 is 2.33 bits per heavy atom. The van der Waals surface area contributed by atoms with Crippen molar-refractivity contribution < 1.29 is 13.9 Å². The normalized spacial score (nSPS) is 16.9. The molecule has 0 aliphatic carbocycles. The lowest BCUT2D eigenvalue weighted by molar-refractivity contribution is -0.137. The van der Waals surface area contributed by atoms with Gasteiger partial charge in [-0.1, -0.05) is 12.1 Å². The first-order valence-electron chi connectivity index (χ1n) is 7.04. The molecular weight excluding hydrogens is 397 g/mol. The third-order valence-electron chi connectivity index (χ3n) is 3.58. The molecule has 24 heavy (non-hydrogen) atoms. The molecule has 1 N–H and O–H groups in total. The van der Waals surface area contributed by atoms with Gasteiger partial charge in [0.2, 0.25) is 0 Å². The Labute approximate surface area is 150 Å². The number of aliphatic imine (C=N–C) groups is 1. The van der Waals surface area contributed by atoms with Gasteiger partial charge in [-0.25, -0.2) is 14.2 Å². The number of amidine groups is 1. The molecule has 0 saturated heterocycles. The number of hydrogen-bond acceptors (Lipinski definition) is 6.